The van der Waals surface area contributed by atoms with E-state index in [0.29, 0.717) is 61.4 Å². The van der Waals surface area contributed by atoms with Crippen LogP contribution in [0.5, 0.6) is 0 Å². The first kappa shape index (κ1) is 41.7. The number of nitrogens with zero attached hydrogens (tertiary/aromatic N) is 2. The van der Waals surface area contributed by atoms with Crippen LogP contribution in [-0.2, 0) is 40.5 Å². The first-order chi connectivity index (χ1) is 26.9. The Morgan fingerprint density at radius 2 is 1.37 bits per heavy atom. The van der Waals surface area contributed by atoms with Gasteiger partial charge in [0.25, 0.3) is 20.2 Å². The minimum Gasteiger partial charge on any atom is -0.478 e. The van der Waals surface area contributed by atoms with E-state index < -0.39 is 31.6 Å². The molecule has 3 aromatic carbocycles. The Morgan fingerprint density at radius 1 is 0.772 bits per heavy atom. The number of carbonyl (C=O) groups is 1. The van der Waals surface area contributed by atoms with Crippen molar-refractivity contribution in [2.24, 2.45) is 0 Å². The lowest BCUT2D eigenvalue weighted by Gasteiger charge is -2.33. The first-order valence-corrected chi connectivity index (χ1v) is 22.2. The largest absolute Gasteiger partial charge is 0.478 e. The van der Waals surface area contributed by atoms with Crippen LogP contribution in [-0.4, -0.2) is 74.4 Å². The quantitative estimate of drug-likeness (QED) is 0.101. The molecule has 3 aliphatic rings. The molecule has 0 bridgehead atoms. The molecule has 0 saturated carbocycles. The van der Waals surface area contributed by atoms with Crippen molar-refractivity contribution >= 4 is 43.2 Å². The maximum absolute atomic E-state index is 11.8. The third kappa shape index (κ3) is 9.30. The molecule has 304 valence electrons. The monoisotopic (exact) mass is 818 g/mol. The molecule has 1 atom stereocenters. The molecule has 0 fully saturated rings. The number of hydrogen-bond donors (Lipinski definition) is 3. The van der Waals surface area contributed by atoms with Crippen LogP contribution in [0, 0.1) is 0 Å². The first-order valence-electron chi connectivity index (χ1n) is 19.0. The molecule has 0 amide bonds. The summed E-state index contributed by atoms with van der Waals surface area (Å²) in [7, 11) is -8.15. The minimum atomic E-state index is -4.08. The second kappa shape index (κ2) is 16.5. The molecule has 57 heavy (non-hydrogen) atoms. The van der Waals surface area contributed by atoms with Gasteiger partial charge in [0, 0.05) is 41.0 Å². The fraction of sp³-hybridized carbons (Fsp3) is 0.372. The summed E-state index contributed by atoms with van der Waals surface area (Å²) in [6, 6.07) is 22.6. The van der Waals surface area contributed by atoms with Gasteiger partial charge < -0.3 is 24.4 Å². The van der Waals surface area contributed by atoms with Crippen molar-refractivity contribution in [1.82, 2.24) is 0 Å². The summed E-state index contributed by atoms with van der Waals surface area (Å²) in [6.45, 7) is 9.58. The minimum absolute atomic E-state index is 0.0814. The number of anilines is 2. The summed E-state index contributed by atoms with van der Waals surface area (Å²) in [5.74, 6) is -0.651. The van der Waals surface area contributed by atoms with Crippen molar-refractivity contribution < 1.29 is 45.3 Å². The highest BCUT2D eigenvalue weighted by Gasteiger charge is 2.43. The second-order valence-electron chi connectivity index (χ2n) is 15.6. The number of hydrogen-bond acceptors (Lipinski definition) is 9. The van der Waals surface area contributed by atoms with E-state index in [9.17, 15) is 35.8 Å². The van der Waals surface area contributed by atoms with E-state index in [1.165, 1.54) is 12.1 Å². The summed E-state index contributed by atoms with van der Waals surface area (Å²) >= 11 is 0. The van der Waals surface area contributed by atoms with Gasteiger partial charge in [0.2, 0.25) is 6.79 Å². The van der Waals surface area contributed by atoms with Crippen LogP contribution in [0.1, 0.15) is 80.4 Å². The molecule has 3 N–H and O–H groups in total. The standard InChI is InChI=1S/C43H50N2O10S2/c1-42(2)32-13-5-7-15-34(32)44(25-9-11-27-56(48,49)50)38(42)23-21-36-40(30-17-19-31(20-18-30)41(46)47)37(55-29-54-36)22-24-39-43(3,4)33-14-6-8-16-35(33)45(39)26-10-12-28-57(51,52)53/h5-8,13-24,38H,9-12,25-29H2,1-4H3,(H,46,47)(H,48,49,50)(H,51,52,53)/b23-21+,37-22-,39-24+. The van der Waals surface area contributed by atoms with Gasteiger partial charge in [-0.25, -0.2) is 4.79 Å². The molecule has 3 heterocycles. The number of aromatic carboxylic acids is 1. The molecule has 0 saturated heterocycles. The molecule has 0 aromatic heterocycles. The predicted molar refractivity (Wildman–Crippen MR) is 221 cm³/mol. The van der Waals surface area contributed by atoms with E-state index in [0.717, 1.165) is 28.2 Å². The zero-order chi connectivity index (χ0) is 41.2. The van der Waals surface area contributed by atoms with Crippen molar-refractivity contribution in [3.63, 3.8) is 0 Å². The Kier molecular flexibility index (Phi) is 12.1. The zero-order valence-corrected chi connectivity index (χ0v) is 34.2. The highest BCUT2D eigenvalue weighted by atomic mass is 32.2. The summed E-state index contributed by atoms with van der Waals surface area (Å²) in [4.78, 5) is 16.2. The van der Waals surface area contributed by atoms with Crippen LogP contribution in [0.2, 0.25) is 0 Å². The number of benzene rings is 3. The van der Waals surface area contributed by atoms with Gasteiger partial charge in [-0.1, -0.05) is 82.3 Å². The van der Waals surface area contributed by atoms with Crippen LogP contribution < -0.4 is 9.80 Å². The third-order valence-electron chi connectivity index (χ3n) is 11.0. The van der Waals surface area contributed by atoms with Crippen molar-refractivity contribution in [1.29, 1.82) is 0 Å². The van der Waals surface area contributed by atoms with E-state index in [-0.39, 0.29) is 35.3 Å². The molecule has 0 aliphatic carbocycles. The van der Waals surface area contributed by atoms with E-state index in [1.807, 2.05) is 48.6 Å². The predicted octanol–water partition coefficient (Wildman–Crippen LogP) is 7.72. The van der Waals surface area contributed by atoms with Gasteiger partial charge in [-0.05, 0) is 84.9 Å². The number of fused-ring (bicyclic) bond motifs is 2. The molecule has 3 aliphatic heterocycles. The van der Waals surface area contributed by atoms with Crippen LogP contribution in [0.3, 0.4) is 0 Å². The lowest BCUT2D eigenvalue weighted by atomic mass is 9.80. The van der Waals surface area contributed by atoms with Crippen molar-refractivity contribution in [2.45, 2.75) is 70.3 Å². The number of allylic oxidation sites excluding steroid dienone is 5. The number of ether oxygens (including phenoxy) is 2. The average molecular weight is 819 g/mol. The van der Waals surface area contributed by atoms with Gasteiger partial charge in [0.1, 0.15) is 11.5 Å². The highest BCUT2D eigenvalue weighted by molar-refractivity contribution is 7.86. The Morgan fingerprint density at radius 3 is 2.00 bits per heavy atom. The van der Waals surface area contributed by atoms with E-state index in [2.05, 4.69) is 61.8 Å². The maximum atomic E-state index is 11.8. The summed E-state index contributed by atoms with van der Waals surface area (Å²) < 4.78 is 76.8. The number of rotatable bonds is 15. The molecular weight excluding hydrogens is 769 g/mol. The lowest BCUT2D eigenvalue weighted by Crippen LogP contribution is -2.40. The Balaban J connectivity index is 1.40. The van der Waals surface area contributed by atoms with Crippen LogP contribution in [0.25, 0.3) is 5.57 Å². The maximum Gasteiger partial charge on any atom is 0.335 e. The van der Waals surface area contributed by atoms with Gasteiger partial charge in [-0.15, -0.1) is 0 Å². The topological polar surface area (TPSA) is 171 Å². The molecule has 0 radical (unpaired) electrons. The number of para-hydroxylation sites is 2. The molecule has 14 heteroatoms. The average Bonchev–Trinajstić information content (AvgIpc) is 3.50. The van der Waals surface area contributed by atoms with Gasteiger partial charge in [0.15, 0.2) is 0 Å². The molecular formula is C43H50N2O10S2. The van der Waals surface area contributed by atoms with E-state index >= 15 is 0 Å². The molecule has 1 unspecified atom stereocenters. The van der Waals surface area contributed by atoms with Crippen molar-refractivity contribution in [3.05, 3.63) is 137 Å². The number of carboxylic acids is 1. The molecule has 3 aromatic rings. The molecule has 6 rings (SSSR count). The van der Waals surface area contributed by atoms with Gasteiger partial charge >= 0.3 is 5.97 Å². The fourth-order valence-corrected chi connectivity index (χ4v) is 9.29. The Labute approximate surface area is 335 Å². The Hall–Kier alpha value is -4.89. The third-order valence-corrected chi connectivity index (χ3v) is 12.6. The lowest BCUT2D eigenvalue weighted by molar-refractivity contribution is 0.0123. The number of carboxylic acid groups (broad SMARTS) is 1. The fourth-order valence-electron chi connectivity index (χ4n) is 8.16. The zero-order valence-electron chi connectivity index (χ0n) is 32.6. The van der Waals surface area contributed by atoms with Crippen LogP contribution >= 0.6 is 0 Å². The SMILES string of the molecule is CC1(C)/C(=C\C=C2/OCOC(/C=C/C3N(CCCCS(=O)(=O)O)c4ccccc4C3(C)C)=C2c2ccc(C(=O)O)cc2)N(CCCCS(=O)(=O)O)c2ccccc21. The van der Waals surface area contributed by atoms with Crippen LogP contribution in [0.15, 0.2) is 114 Å². The summed E-state index contributed by atoms with van der Waals surface area (Å²) in [5, 5.41) is 9.65. The highest BCUT2D eigenvalue weighted by Crippen LogP contribution is 2.49. The van der Waals surface area contributed by atoms with E-state index in [4.69, 9.17) is 9.47 Å². The van der Waals surface area contributed by atoms with Gasteiger partial charge in [-0.3, -0.25) is 9.11 Å². The summed E-state index contributed by atoms with van der Waals surface area (Å²) in [5.41, 5.74) is 5.94. The number of unbranched alkanes of at least 4 members (excludes halogenated alkanes) is 2. The molecule has 0 spiro atoms. The smallest absolute Gasteiger partial charge is 0.335 e. The van der Waals surface area contributed by atoms with Crippen molar-refractivity contribution in [2.75, 3.05) is 41.2 Å². The molecule has 12 nitrogen and oxygen atoms in total. The van der Waals surface area contributed by atoms with Gasteiger partial charge in [0.05, 0.1) is 28.7 Å². The Bertz CT molecular complexity index is 2340. The normalized spacial score (nSPS) is 20.2. The summed E-state index contributed by atoms with van der Waals surface area (Å²) in [6.07, 6.45) is 9.57. The second-order valence-corrected chi connectivity index (χ2v) is 18.8. The van der Waals surface area contributed by atoms with Gasteiger partial charge in [-0.2, -0.15) is 16.8 Å². The van der Waals surface area contributed by atoms with Crippen molar-refractivity contribution in [3.8, 4) is 0 Å². The van der Waals surface area contributed by atoms with E-state index in [1.54, 1.807) is 12.1 Å². The van der Waals surface area contributed by atoms with Crippen LogP contribution in [0.4, 0.5) is 11.4 Å².